The summed E-state index contributed by atoms with van der Waals surface area (Å²) in [6.45, 7) is 2.17. The van der Waals surface area contributed by atoms with Gasteiger partial charge in [-0.25, -0.2) is 4.98 Å². The zero-order valence-electron chi connectivity index (χ0n) is 15.9. The van der Waals surface area contributed by atoms with Crippen molar-refractivity contribution in [3.63, 3.8) is 0 Å². The fourth-order valence-electron chi connectivity index (χ4n) is 3.41. The van der Waals surface area contributed by atoms with Crippen LogP contribution in [0.25, 0.3) is 11.3 Å². The lowest BCUT2D eigenvalue weighted by atomic mass is 10.1. The number of aromatic nitrogens is 3. The Morgan fingerprint density at radius 1 is 1.18 bits per heavy atom. The van der Waals surface area contributed by atoms with E-state index in [-0.39, 0.29) is 5.56 Å². The second-order valence-corrected chi connectivity index (χ2v) is 7.50. The molecule has 0 unspecified atom stereocenters. The van der Waals surface area contributed by atoms with Crippen LogP contribution in [0.5, 0.6) is 5.75 Å². The number of aromatic amines is 1. The average molecular weight is 395 g/mol. The molecule has 0 saturated heterocycles. The van der Waals surface area contributed by atoms with Gasteiger partial charge in [-0.3, -0.25) is 14.7 Å². The molecule has 0 saturated carbocycles. The molecule has 144 valence electrons. The molecule has 1 aliphatic rings. The highest BCUT2D eigenvalue weighted by molar-refractivity contribution is 7.98. The van der Waals surface area contributed by atoms with E-state index < -0.39 is 0 Å². The summed E-state index contributed by atoms with van der Waals surface area (Å²) in [4.78, 5) is 26.8. The van der Waals surface area contributed by atoms with Crippen LogP contribution in [0, 0.1) is 0 Å². The van der Waals surface area contributed by atoms with Crippen LogP contribution < -0.4 is 10.3 Å². The first kappa shape index (κ1) is 18.7. The Morgan fingerprint density at radius 2 is 2.00 bits per heavy atom. The highest BCUT2D eigenvalue weighted by atomic mass is 32.2. The Balaban J connectivity index is 1.51. The van der Waals surface area contributed by atoms with Crippen LogP contribution >= 0.6 is 11.8 Å². The standard InChI is InChI=1S/C21H22N4O2S/c1-27-16-8-6-14(7-9-16)18-5-3-4-15(22-18)12-25-11-10-19-17(13-25)20(26)24-21(23-19)28-2/h3-9H,10-13H2,1-2H3,(H,23,24,26). The minimum Gasteiger partial charge on any atom is -0.497 e. The number of H-pyrrole nitrogens is 1. The number of ether oxygens (including phenoxy) is 1. The first-order chi connectivity index (χ1) is 13.7. The van der Waals surface area contributed by atoms with E-state index in [0.717, 1.165) is 46.9 Å². The van der Waals surface area contributed by atoms with Crippen molar-refractivity contribution in [1.29, 1.82) is 0 Å². The van der Waals surface area contributed by atoms with Crippen LogP contribution in [0.3, 0.4) is 0 Å². The van der Waals surface area contributed by atoms with Crippen LogP contribution in [0.4, 0.5) is 0 Å². The van der Waals surface area contributed by atoms with Crippen molar-refractivity contribution >= 4 is 11.8 Å². The van der Waals surface area contributed by atoms with Crippen LogP contribution in [0.15, 0.2) is 52.4 Å². The summed E-state index contributed by atoms with van der Waals surface area (Å²) in [6, 6.07) is 14.0. The SMILES string of the molecule is COc1ccc(-c2cccc(CN3CCc4nc(SC)[nH]c(=O)c4C3)n2)cc1. The highest BCUT2D eigenvalue weighted by Gasteiger charge is 2.21. The van der Waals surface area contributed by atoms with E-state index in [1.54, 1.807) is 7.11 Å². The van der Waals surface area contributed by atoms with Crippen molar-refractivity contribution in [2.24, 2.45) is 0 Å². The zero-order valence-corrected chi connectivity index (χ0v) is 16.8. The lowest BCUT2D eigenvalue weighted by Gasteiger charge is -2.27. The molecule has 2 aromatic heterocycles. The van der Waals surface area contributed by atoms with Gasteiger partial charge in [0.05, 0.1) is 29.8 Å². The van der Waals surface area contributed by atoms with Crippen molar-refractivity contribution < 1.29 is 4.74 Å². The maximum Gasteiger partial charge on any atom is 0.256 e. The lowest BCUT2D eigenvalue weighted by molar-refractivity contribution is 0.238. The first-order valence-corrected chi connectivity index (χ1v) is 10.4. The number of rotatable bonds is 5. The molecule has 0 spiro atoms. The Hall–Kier alpha value is -2.64. The van der Waals surface area contributed by atoms with Gasteiger partial charge in [0, 0.05) is 31.6 Å². The summed E-state index contributed by atoms with van der Waals surface area (Å²) in [5, 5.41) is 0.686. The molecule has 6 nitrogen and oxygen atoms in total. The molecule has 0 atom stereocenters. The van der Waals surface area contributed by atoms with Gasteiger partial charge in [0.2, 0.25) is 0 Å². The Kier molecular flexibility index (Phi) is 5.45. The van der Waals surface area contributed by atoms with Crippen LogP contribution in [-0.2, 0) is 19.5 Å². The van der Waals surface area contributed by atoms with Gasteiger partial charge in [-0.05, 0) is 42.7 Å². The molecular weight excluding hydrogens is 372 g/mol. The van der Waals surface area contributed by atoms with Gasteiger partial charge in [-0.15, -0.1) is 0 Å². The molecule has 0 radical (unpaired) electrons. The summed E-state index contributed by atoms with van der Waals surface area (Å²) >= 11 is 1.46. The number of nitrogens with zero attached hydrogens (tertiary/aromatic N) is 3. The fourth-order valence-corrected chi connectivity index (χ4v) is 3.81. The quantitative estimate of drug-likeness (QED) is 0.530. The summed E-state index contributed by atoms with van der Waals surface area (Å²) in [7, 11) is 1.66. The second kappa shape index (κ2) is 8.16. The third kappa shape index (κ3) is 3.95. The first-order valence-electron chi connectivity index (χ1n) is 9.15. The second-order valence-electron chi connectivity index (χ2n) is 6.70. The normalized spacial score (nSPS) is 13.9. The van der Waals surface area contributed by atoms with E-state index in [1.807, 2.05) is 48.7 Å². The molecule has 3 aromatic rings. The predicted molar refractivity (Wildman–Crippen MR) is 111 cm³/mol. The van der Waals surface area contributed by atoms with E-state index >= 15 is 0 Å². The molecular formula is C21H22N4O2S. The van der Waals surface area contributed by atoms with E-state index in [9.17, 15) is 4.79 Å². The van der Waals surface area contributed by atoms with E-state index in [4.69, 9.17) is 9.72 Å². The van der Waals surface area contributed by atoms with Crippen molar-refractivity contribution in [2.45, 2.75) is 24.7 Å². The number of methoxy groups -OCH3 is 1. The van der Waals surface area contributed by atoms with Crippen molar-refractivity contribution in [3.05, 3.63) is 69.8 Å². The molecule has 0 amide bonds. The van der Waals surface area contributed by atoms with E-state index in [1.165, 1.54) is 11.8 Å². The molecule has 7 heteroatoms. The average Bonchev–Trinajstić information content (AvgIpc) is 2.74. The topological polar surface area (TPSA) is 71.1 Å². The number of hydrogen-bond acceptors (Lipinski definition) is 6. The maximum atomic E-state index is 12.4. The number of benzene rings is 1. The molecule has 1 aliphatic heterocycles. The van der Waals surface area contributed by atoms with Crippen molar-refractivity contribution in [1.82, 2.24) is 19.9 Å². The minimum absolute atomic E-state index is 0.0287. The van der Waals surface area contributed by atoms with E-state index in [2.05, 4.69) is 14.9 Å². The number of nitrogens with one attached hydrogen (secondary N) is 1. The van der Waals surface area contributed by atoms with Gasteiger partial charge in [0.15, 0.2) is 5.16 Å². The van der Waals surface area contributed by atoms with Gasteiger partial charge < -0.3 is 9.72 Å². The van der Waals surface area contributed by atoms with Gasteiger partial charge in [-0.2, -0.15) is 0 Å². The summed E-state index contributed by atoms with van der Waals surface area (Å²) in [5.74, 6) is 0.829. The van der Waals surface area contributed by atoms with Crippen LogP contribution in [0.1, 0.15) is 17.0 Å². The molecule has 0 bridgehead atoms. The fraction of sp³-hybridized carbons (Fsp3) is 0.286. The third-order valence-corrected chi connectivity index (χ3v) is 5.48. The number of fused-ring (bicyclic) bond motifs is 1. The Labute approximate surface area is 168 Å². The molecule has 4 rings (SSSR count). The summed E-state index contributed by atoms with van der Waals surface area (Å²) < 4.78 is 5.22. The lowest BCUT2D eigenvalue weighted by Crippen LogP contribution is -2.35. The third-order valence-electron chi connectivity index (χ3n) is 4.90. The predicted octanol–water partition coefficient (Wildman–Crippen LogP) is 3.12. The Bertz CT molecular complexity index is 1030. The summed E-state index contributed by atoms with van der Waals surface area (Å²) in [6.07, 6.45) is 2.70. The number of thioether (sulfide) groups is 1. The van der Waals surface area contributed by atoms with Crippen molar-refractivity contribution in [3.8, 4) is 17.0 Å². The number of hydrogen-bond donors (Lipinski definition) is 1. The Morgan fingerprint density at radius 3 is 2.75 bits per heavy atom. The minimum atomic E-state index is -0.0287. The van der Waals surface area contributed by atoms with Gasteiger partial charge >= 0.3 is 0 Å². The van der Waals surface area contributed by atoms with Gasteiger partial charge in [-0.1, -0.05) is 17.8 Å². The summed E-state index contributed by atoms with van der Waals surface area (Å²) in [5.41, 5.74) is 4.64. The zero-order chi connectivity index (χ0) is 19.5. The van der Waals surface area contributed by atoms with Crippen molar-refractivity contribution in [2.75, 3.05) is 19.9 Å². The largest absolute Gasteiger partial charge is 0.497 e. The maximum absolute atomic E-state index is 12.4. The molecule has 0 aliphatic carbocycles. The van der Waals surface area contributed by atoms with Crippen LogP contribution in [-0.4, -0.2) is 39.8 Å². The van der Waals surface area contributed by atoms with Gasteiger partial charge in [0.25, 0.3) is 5.56 Å². The molecule has 28 heavy (non-hydrogen) atoms. The molecule has 1 aromatic carbocycles. The molecule has 0 fully saturated rings. The number of pyridine rings is 1. The van der Waals surface area contributed by atoms with Crippen LogP contribution in [0.2, 0.25) is 0 Å². The molecule has 1 N–H and O–H groups in total. The van der Waals surface area contributed by atoms with Gasteiger partial charge in [0.1, 0.15) is 5.75 Å². The highest BCUT2D eigenvalue weighted by Crippen LogP contribution is 2.22. The smallest absolute Gasteiger partial charge is 0.256 e. The monoisotopic (exact) mass is 394 g/mol. The van der Waals surface area contributed by atoms with E-state index in [0.29, 0.717) is 18.2 Å². The molecule has 3 heterocycles.